The van der Waals surface area contributed by atoms with Crippen LogP contribution >= 0.6 is 0 Å². The smallest absolute Gasteiger partial charge is 0.417 e. The first kappa shape index (κ1) is 29.6. The maximum absolute atomic E-state index is 15.8. The van der Waals surface area contributed by atoms with Gasteiger partial charge in [-0.05, 0) is 69.5 Å². The average Bonchev–Trinajstić information content (AvgIpc) is 3.57. The summed E-state index contributed by atoms with van der Waals surface area (Å²) in [5.41, 5.74) is 4.69. The monoisotopic (exact) mass is 634 g/mol. The van der Waals surface area contributed by atoms with Gasteiger partial charge in [0.05, 0.1) is 35.2 Å². The number of nitrogens with one attached hydrogen (secondary N) is 1. The van der Waals surface area contributed by atoms with E-state index in [1.54, 1.807) is 0 Å². The molecule has 45 heavy (non-hydrogen) atoms. The van der Waals surface area contributed by atoms with Crippen LogP contribution in [0.25, 0.3) is 0 Å². The summed E-state index contributed by atoms with van der Waals surface area (Å²) in [6.45, 7) is 4.11. The molecule has 2 bridgehead atoms. The third kappa shape index (κ3) is 5.04. The van der Waals surface area contributed by atoms with Crippen molar-refractivity contribution in [3.05, 3.63) is 39.8 Å². The van der Waals surface area contributed by atoms with Gasteiger partial charge in [-0.25, -0.2) is 8.78 Å². The molecule has 2 unspecified atom stereocenters. The zero-order valence-corrected chi connectivity index (χ0v) is 25.3. The summed E-state index contributed by atoms with van der Waals surface area (Å²) in [6, 6.07) is 1.77. The van der Waals surface area contributed by atoms with Crippen molar-refractivity contribution in [2.45, 2.75) is 100 Å². The number of aryl methyl sites for hydroxylation is 1. The molecule has 1 aromatic heterocycles. The first-order chi connectivity index (χ1) is 21.5. The molecule has 5 fully saturated rings. The highest BCUT2D eigenvalue weighted by molar-refractivity contribution is 5.57. The van der Waals surface area contributed by atoms with E-state index in [9.17, 15) is 17.6 Å². The molecule has 8 nitrogen and oxygen atoms in total. The highest BCUT2D eigenvalue weighted by atomic mass is 19.4. The van der Waals surface area contributed by atoms with Crippen LogP contribution in [0.3, 0.4) is 0 Å². The van der Waals surface area contributed by atoms with Gasteiger partial charge in [-0.3, -0.25) is 4.90 Å². The quantitative estimate of drug-likeness (QED) is 0.332. The van der Waals surface area contributed by atoms with Gasteiger partial charge in [-0.1, -0.05) is 0 Å². The van der Waals surface area contributed by atoms with E-state index in [-0.39, 0.29) is 36.4 Å². The van der Waals surface area contributed by atoms with Crippen molar-refractivity contribution < 1.29 is 31.4 Å². The number of ether oxygens (including phenoxy) is 2. The number of rotatable bonds is 6. The topological polar surface area (TPSA) is 88.8 Å². The maximum Gasteiger partial charge on any atom is 0.417 e. The summed E-state index contributed by atoms with van der Waals surface area (Å²) in [7, 11) is 0. The van der Waals surface area contributed by atoms with Gasteiger partial charge in [0.15, 0.2) is 5.82 Å². The van der Waals surface area contributed by atoms with Crippen LogP contribution in [0.1, 0.15) is 84.9 Å². The summed E-state index contributed by atoms with van der Waals surface area (Å²) in [5.74, 6) is -1.12. The summed E-state index contributed by atoms with van der Waals surface area (Å²) in [4.78, 5) is 14.2. The standard InChI is InChI=1S/C32H39F5N6O2/c1-16-9-22(38)26(34)24(25(16)32(35,36)37)28-23(17-3-4-17)27-21(14-44-28)29(42-12-19-5-6-20(13-42)39-19)41-30(40-27)45-15-31-7-2-8-43(31)11-18(33)10-31/h9,17-20,23,28,39H,2-8,10-15,38H2,1H3/t18-,19?,20?,23+,28-,31+/m1/s1. The SMILES string of the molecule is Cc1cc(N)c(F)c([C@@H]2OCc3c(nc(OC[C@@]45CCCN4C[C@H](F)C5)nc3N3CC4CCC(C3)N4)[C@@H]2C2CC2)c1C(F)(F)F. The van der Waals surface area contributed by atoms with E-state index in [4.69, 9.17) is 25.2 Å². The Hall–Kier alpha value is -2.77. The van der Waals surface area contributed by atoms with E-state index in [0.717, 1.165) is 69.8 Å². The Morgan fingerprint density at radius 3 is 2.60 bits per heavy atom. The molecule has 1 aliphatic carbocycles. The Kier molecular flexibility index (Phi) is 7.00. The molecule has 6 heterocycles. The number of piperazine rings is 1. The number of nitrogens with two attached hydrogens (primary N) is 1. The van der Waals surface area contributed by atoms with Crippen molar-refractivity contribution in [3.8, 4) is 6.01 Å². The summed E-state index contributed by atoms with van der Waals surface area (Å²) in [6.07, 6.45) is -1.15. The molecule has 6 atom stereocenters. The number of benzene rings is 1. The molecule has 13 heteroatoms. The van der Waals surface area contributed by atoms with Crippen LogP contribution in [-0.4, -0.2) is 71.4 Å². The number of alkyl halides is 4. The van der Waals surface area contributed by atoms with Crippen molar-refractivity contribution in [1.29, 1.82) is 0 Å². The molecule has 6 aliphatic rings. The van der Waals surface area contributed by atoms with E-state index in [1.807, 2.05) is 0 Å². The van der Waals surface area contributed by atoms with Crippen molar-refractivity contribution in [1.82, 2.24) is 20.2 Å². The van der Waals surface area contributed by atoms with Gasteiger partial charge in [0.25, 0.3) is 0 Å². The van der Waals surface area contributed by atoms with Crippen LogP contribution in [0.5, 0.6) is 6.01 Å². The molecular formula is C32H39F5N6O2. The van der Waals surface area contributed by atoms with Crippen molar-refractivity contribution in [2.24, 2.45) is 5.92 Å². The van der Waals surface area contributed by atoms with Gasteiger partial charge in [-0.2, -0.15) is 23.1 Å². The second kappa shape index (κ2) is 10.6. The molecule has 0 radical (unpaired) electrons. The average molecular weight is 635 g/mol. The van der Waals surface area contributed by atoms with Gasteiger partial charge >= 0.3 is 12.2 Å². The third-order valence-electron chi connectivity index (χ3n) is 11.0. The lowest BCUT2D eigenvalue weighted by Crippen LogP contribution is -2.52. The molecule has 244 valence electrons. The predicted octanol–water partition coefficient (Wildman–Crippen LogP) is 5.19. The number of nitrogen functional groups attached to an aromatic ring is 1. The van der Waals surface area contributed by atoms with Gasteiger partial charge < -0.3 is 25.4 Å². The predicted molar refractivity (Wildman–Crippen MR) is 156 cm³/mol. The summed E-state index contributed by atoms with van der Waals surface area (Å²) < 4.78 is 86.4. The fourth-order valence-corrected chi connectivity index (χ4v) is 8.92. The lowest BCUT2D eigenvalue weighted by Gasteiger charge is -2.39. The van der Waals surface area contributed by atoms with Crippen LogP contribution in [0.15, 0.2) is 6.07 Å². The summed E-state index contributed by atoms with van der Waals surface area (Å²) in [5, 5.41) is 3.63. The number of fused-ring (bicyclic) bond motifs is 4. The van der Waals surface area contributed by atoms with Crippen LogP contribution < -0.4 is 20.7 Å². The fourth-order valence-electron chi connectivity index (χ4n) is 8.92. The zero-order valence-electron chi connectivity index (χ0n) is 25.3. The summed E-state index contributed by atoms with van der Waals surface area (Å²) >= 11 is 0. The second-order valence-electron chi connectivity index (χ2n) is 14.1. The molecule has 4 saturated heterocycles. The number of hydrogen-bond acceptors (Lipinski definition) is 8. The molecule has 3 N–H and O–H groups in total. The van der Waals surface area contributed by atoms with E-state index in [2.05, 4.69) is 15.1 Å². The molecule has 8 rings (SSSR count). The highest BCUT2D eigenvalue weighted by Crippen LogP contribution is 2.56. The normalized spacial score (nSPS) is 33.0. The first-order valence-electron chi connectivity index (χ1n) is 16.2. The number of aromatic nitrogens is 2. The molecule has 1 aromatic carbocycles. The maximum atomic E-state index is 15.8. The van der Waals surface area contributed by atoms with Gasteiger partial charge in [0.2, 0.25) is 0 Å². The largest absolute Gasteiger partial charge is 0.461 e. The minimum Gasteiger partial charge on any atom is -0.461 e. The number of anilines is 2. The Bertz CT molecular complexity index is 1490. The molecule has 5 aliphatic heterocycles. The van der Waals surface area contributed by atoms with Crippen molar-refractivity contribution in [2.75, 3.05) is 43.4 Å². The van der Waals surface area contributed by atoms with Gasteiger partial charge in [0.1, 0.15) is 18.6 Å². The first-order valence-corrected chi connectivity index (χ1v) is 16.2. The minimum atomic E-state index is -4.81. The van der Waals surface area contributed by atoms with E-state index < -0.39 is 46.9 Å². The fraction of sp³-hybridized carbons (Fsp3) is 0.688. The number of halogens is 5. The van der Waals surface area contributed by atoms with Crippen LogP contribution in [-0.2, 0) is 17.5 Å². The van der Waals surface area contributed by atoms with Gasteiger partial charge in [-0.15, -0.1) is 0 Å². The van der Waals surface area contributed by atoms with Crippen LogP contribution in [0.2, 0.25) is 0 Å². The number of nitrogens with zero attached hydrogens (tertiary/aromatic N) is 4. The van der Waals surface area contributed by atoms with Gasteiger partial charge in [0, 0.05) is 55.2 Å². The Labute approximate surface area is 258 Å². The number of hydrogen-bond donors (Lipinski definition) is 2. The zero-order chi connectivity index (χ0) is 31.2. The Morgan fingerprint density at radius 2 is 1.89 bits per heavy atom. The van der Waals surface area contributed by atoms with Crippen LogP contribution in [0, 0.1) is 18.7 Å². The van der Waals surface area contributed by atoms with Crippen molar-refractivity contribution >= 4 is 11.5 Å². The third-order valence-corrected chi connectivity index (χ3v) is 11.0. The molecular weight excluding hydrogens is 595 g/mol. The van der Waals surface area contributed by atoms with E-state index >= 15 is 4.39 Å². The molecule has 0 spiro atoms. The lowest BCUT2D eigenvalue weighted by atomic mass is 9.81. The molecule has 2 aromatic rings. The van der Waals surface area contributed by atoms with E-state index in [1.165, 1.54) is 6.92 Å². The highest BCUT2D eigenvalue weighted by Gasteiger charge is 2.51. The lowest BCUT2D eigenvalue weighted by molar-refractivity contribution is -0.141. The molecule has 1 saturated carbocycles. The second-order valence-corrected chi connectivity index (χ2v) is 14.1. The Morgan fingerprint density at radius 1 is 1.13 bits per heavy atom. The minimum absolute atomic E-state index is 0.0443. The Balaban J connectivity index is 1.23. The van der Waals surface area contributed by atoms with Crippen molar-refractivity contribution in [3.63, 3.8) is 0 Å². The van der Waals surface area contributed by atoms with E-state index in [0.29, 0.717) is 36.6 Å². The molecule has 0 amide bonds. The van der Waals surface area contributed by atoms with Crippen LogP contribution in [0.4, 0.5) is 33.5 Å².